The van der Waals surface area contributed by atoms with E-state index in [1.165, 1.54) is 12.1 Å². The van der Waals surface area contributed by atoms with Crippen LogP contribution in [0.1, 0.15) is 20.8 Å². The second kappa shape index (κ2) is 7.08. The maximum atomic E-state index is 13.1. The zero-order valence-electron chi connectivity index (χ0n) is 11.8. The summed E-state index contributed by atoms with van der Waals surface area (Å²) in [5, 5.41) is 3.39. The minimum atomic E-state index is -0.454. The van der Waals surface area contributed by atoms with E-state index in [2.05, 4.69) is 26.1 Å². The summed E-state index contributed by atoms with van der Waals surface area (Å²) in [6.45, 7) is 7.30. The van der Waals surface area contributed by atoms with Gasteiger partial charge in [0.15, 0.2) is 0 Å². The summed E-state index contributed by atoms with van der Waals surface area (Å²) in [5.74, 6) is 0.0780. The van der Waals surface area contributed by atoms with Crippen molar-refractivity contribution in [2.75, 3.05) is 20.3 Å². The van der Waals surface area contributed by atoms with Gasteiger partial charge in [-0.2, -0.15) is 0 Å². The second-order valence-electron chi connectivity index (χ2n) is 5.40. The molecule has 1 unspecified atom stereocenters. The number of hydrogen-bond acceptors (Lipinski definition) is 3. The van der Waals surface area contributed by atoms with Gasteiger partial charge in [-0.05, 0) is 32.9 Å². The summed E-state index contributed by atoms with van der Waals surface area (Å²) in [5.41, 5.74) is -0.00417. The Kier molecular flexibility index (Phi) is 6.04. The van der Waals surface area contributed by atoms with Crippen LogP contribution in [-0.2, 0) is 4.74 Å². The third-order valence-electron chi connectivity index (χ3n) is 2.41. The van der Waals surface area contributed by atoms with Crippen molar-refractivity contribution in [3.63, 3.8) is 0 Å². The van der Waals surface area contributed by atoms with Crippen molar-refractivity contribution in [1.82, 2.24) is 5.32 Å². The van der Waals surface area contributed by atoms with Crippen LogP contribution in [0.15, 0.2) is 18.2 Å². The van der Waals surface area contributed by atoms with Crippen LogP contribution in [0.3, 0.4) is 0 Å². The smallest absolute Gasteiger partial charge is 0.142 e. The van der Waals surface area contributed by atoms with Crippen molar-refractivity contribution in [3.05, 3.63) is 29.0 Å². The van der Waals surface area contributed by atoms with Crippen molar-refractivity contribution in [2.45, 2.75) is 32.4 Å². The van der Waals surface area contributed by atoms with E-state index in [9.17, 15) is 4.39 Å². The Morgan fingerprint density at radius 2 is 2.05 bits per heavy atom. The molecule has 0 aromatic heterocycles. The fourth-order valence-electron chi connectivity index (χ4n) is 1.48. The molecule has 19 heavy (non-hydrogen) atoms. The summed E-state index contributed by atoms with van der Waals surface area (Å²) in [6, 6.07) is 4.32. The van der Waals surface area contributed by atoms with Crippen molar-refractivity contribution in [1.29, 1.82) is 0 Å². The average Bonchev–Trinajstić information content (AvgIpc) is 2.30. The van der Waals surface area contributed by atoms with Crippen molar-refractivity contribution in [2.24, 2.45) is 0 Å². The molecule has 108 valence electrons. The highest BCUT2D eigenvalue weighted by atomic mass is 35.5. The molecule has 5 heteroatoms. The Bertz CT molecular complexity index is 407. The zero-order valence-corrected chi connectivity index (χ0v) is 12.6. The summed E-state index contributed by atoms with van der Waals surface area (Å²) < 4.78 is 23.9. The molecule has 0 heterocycles. The SMILES string of the molecule is COCC(CNC(C)(C)C)Oc1ccc(F)c(Cl)c1. The molecule has 0 radical (unpaired) electrons. The van der Waals surface area contributed by atoms with Crippen molar-refractivity contribution in [3.8, 4) is 5.75 Å². The molecule has 0 fully saturated rings. The minimum absolute atomic E-state index is 0.00417. The van der Waals surface area contributed by atoms with E-state index in [0.29, 0.717) is 18.9 Å². The van der Waals surface area contributed by atoms with Crippen LogP contribution in [0.4, 0.5) is 4.39 Å². The van der Waals surface area contributed by atoms with Crippen LogP contribution in [0, 0.1) is 5.82 Å². The van der Waals surface area contributed by atoms with Gasteiger partial charge < -0.3 is 14.8 Å². The van der Waals surface area contributed by atoms with Gasteiger partial charge in [-0.15, -0.1) is 0 Å². The van der Waals surface area contributed by atoms with E-state index in [0.717, 1.165) is 0 Å². The summed E-state index contributed by atoms with van der Waals surface area (Å²) in [6.07, 6.45) is -0.161. The Hall–Kier alpha value is -0.840. The van der Waals surface area contributed by atoms with Crippen molar-refractivity contribution < 1.29 is 13.9 Å². The summed E-state index contributed by atoms with van der Waals surface area (Å²) in [4.78, 5) is 0. The molecule has 0 aliphatic carbocycles. The first-order valence-corrected chi connectivity index (χ1v) is 6.55. The zero-order chi connectivity index (χ0) is 14.5. The molecule has 1 aromatic carbocycles. The topological polar surface area (TPSA) is 30.5 Å². The quantitative estimate of drug-likeness (QED) is 0.872. The van der Waals surface area contributed by atoms with Gasteiger partial charge >= 0.3 is 0 Å². The van der Waals surface area contributed by atoms with Gasteiger partial charge in [-0.3, -0.25) is 0 Å². The lowest BCUT2D eigenvalue weighted by Crippen LogP contribution is -2.44. The van der Waals surface area contributed by atoms with Crippen LogP contribution in [0.25, 0.3) is 0 Å². The van der Waals surface area contributed by atoms with Gasteiger partial charge in [-0.1, -0.05) is 11.6 Å². The van der Waals surface area contributed by atoms with Crippen LogP contribution in [-0.4, -0.2) is 31.9 Å². The van der Waals surface area contributed by atoms with E-state index in [1.54, 1.807) is 13.2 Å². The second-order valence-corrected chi connectivity index (χ2v) is 5.81. The molecule has 1 rings (SSSR count). The Labute approximate surface area is 119 Å². The van der Waals surface area contributed by atoms with Gasteiger partial charge in [0.25, 0.3) is 0 Å². The maximum absolute atomic E-state index is 13.1. The number of benzene rings is 1. The molecule has 0 amide bonds. The molecule has 1 aromatic rings. The minimum Gasteiger partial charge on any atom is -0.487 e. The van der Waals surface area contributed by atoms with Crippen molar-refractivity contribution >= 4 is 11.6 Å². The number of rotatable bonds is 6. The standard InChI is InChI=1S/C14H21ClFNO2/c1-14(2,3)17-8-11(9-18-4)19-10-5-6-13(16)12(15)7-10/h5-7,11,17H,8-9H2,1-4H3. The number of ether oxygens (including phenoxy) is 2. The lowest BCUT2D eigenvalue weighted by Gasteiger charge is -2.25. The molecule has 1 N–H and O–H groups in total. The molecule has 0 saturated carbocycles. The molecule has 0 aliphatic heterocycles. The Balaban J connectivity index is 2.64. The van der Waals surface area contributed by atoms with Crippen LogP contribution in [0.5, 0.6) is 5.75 Å². The molecule has 0 aliphatic rings. The van der Waals surface area contributed by atoms with E-state index in [-0.39, 0.29) is 16.7 Å². The van der Waals surface area contributed by atoms with Gasteiger partial charge in [0.2, 0.25) is 0 Å². The van der Waals surface area contributed by atoms with Crippen LogP contribution in [0.2, 0.25) is 5.02 Å². The molecule has 0 saturated heterocycles. The fourth-order valence-corrected chi connectivity index (χ4v) is 1.65. The molecule has 3 nitrogen and oxygen atoms in total. The van der Waals surface area contributed by atoms with E-state index >= 15 is 0 Å². The van der Waals surface area contributed by atoms with Gasteiger partial charge in [0.05, 0.1) is 11.6 Å². The van der Waals surface area contributed by atoms with Crippen LogP contribution >= 0.6 is 11.6 Å². The molecular weight excluding hydrogens is 269 g/mol. The normalized spacial score (nSPS) is 13.4. The predicted octanol–water partition coefficient (Wildman–Crippen LogP) is 3.26. The highest BCUT2D eigenvalue weighted by Crippen LogP contribution is 2.22. The number of halogens is 2. The Morgan fingerprint density at radius 3 is 2.58 bits per heavy atom. The summed E-state index contributed by atoms with van der Waals surface area (Å²) in [7, 11) is 1.62. The third kappa shape index (κ3) is 6.23. The van der Waals surface area contributed by atoms with Gasteiger partial charge in [0.1, 0.15) is 17.7 Å². The predicted molar refractivity (Wildman–Crippen MR) is 75.5 cm³/mol. The van der Waals surface area contributed by atoms with E-state index in [1.807, 2.05) is 0 Å². The lowest BCUT2D eigenvalue weighted by atomic mass is 10.1. The number of methoxy groups -OCH3 is 1. The molecular formula is C14H21ClFNO2. The molecule has 1 atom stereocenters. The first-order valence-electron chi connectivity index (χ1n) is 6.17. The largest absolute Gasteiger partial charge is 0.487 e. The molecule has 0 bridgehead atoms. The van der Waals surface area contributed by atoms with E-state index < -0.39 is 5.82 Å². The highest BCUT2D eigenvalue weighted by Gasteiger charge is 2.16. The maximum Gasteiger partial charge on any atom is 0.142 e. The number of nitrogens with one attached hydrogen (secondary N) is 1. The number of hydrogen-bond donors (Lipinski definition) is 1. The van der Waals surface area contributed by atoms with E-state index in [4.69, 9.17) is 21.1 Å². The lowest BCUT2D eigenvalue weighted by molar-refractivity contribution is 0.0764. The Morgan fingerprint density at radius 1 is 1.37 bits per heavy atom. The first-order chi connectivity index (χ1) is 8.81. The van der Waals surface area contributed by atoms with Gasteiger partial charge in [0, 0.05) is 25.3 Å². The highest BCUT2D eigenvalue weighted by molar-refractivity contribution is 6.30. The average molecular weight is 290 g/mol. The monoisotopic (exact) mass is 289 g/mol. The van der Waals surface area contributed by atoms with Crippen LogP contribution < -0.4 is 10.1 Å². The summed E-state index contributed by atoms with van der Waals surface area (Å²) >= 11 is 5.72. The first kappa shape index (κ1) is 16.2. The fraction of sp³-hybridized carbons (Fsp3) is 0.571. The third-order valence-corrected chi connectivity index (χ3v) is 2.70. The van der Waals surface area contributed by atoms with Gasteiger partial charge in [-0.25, -0.2) is 4.39 Å². The molecule has 0 spiro atoms.